The summed E-state index contributed by atoms with van der Waals surface area (Å²) in [5.74, 6) is -1.42. The van der Waals surface area contributed by atoms with E-state index in [4.69, 9.17) is 4.74 Å². The van der Waals surface area contributed by atoms with E-state index in [-0.39, 0.29) is 29.0 Å². The number of nitrogens with zero attached hydrogens (tertiary/aromatic N) is 1. The van der Waals surface area contributed by atoms with E-state index in [2.05, 4.69) is 0 Å². The molecule has 0 radical (unpaired) electrons. The number of hydrogen-bond acceptors (Lipinski definition) is 4. The summed E-state index contributed by atoms with van der Waals surface area (Å²) < 4.78 is 32.4. The van der Waals surface area contributed by atoms with Crippen LogP contribution >= 0.6 is 0 Å². The normalized spacial score (nSPS) is 22.4. The van der Waals surface area contributed by atoms with Crippen molar-refractivity contribution >= 4 is 11.5 Å². The van der Waals surface area contributed by atoms with Gasteiger partial charge in [-0.05, 0) is 26.0 Å². The van der Waals surface area contributed by atoms with Crippen LogP contribution in [0.3, 0.4) is 0 Å². The van der Waals surface area contributed by atoms with Gasteiger partial charge in [0.2, 0.25) is 0 Å². The molecule has 1 aliphatic heterocycles. The van der Waals surface area contributed by atoms with Crippen LogP contribution in [0.15, 0.2) is 12.1 Å². The second kappa shape index (κ2) is 6.49. The van der Waals surface area contributed by atoms with E-state index in [0.717, 1.165) is 6.07 Å². The number of anilines is 1. The molecule has 21 heavy (non-hydrogen) atoms. The van der Waals surface area contributed by atoms with E-state index in [9.17, 15) is 18.7 Å². The second-order valence-corrected chi connectivity index (χ2v) is 5.34. The lowest BCUT2D eigenvalue weighted by Crippen LogP contribution is -2.46. The molecule has 2 atom stereocenters. The summed E-state index contributed by atoms with van der Waals surface area (Å²) in [6.45, 7) is 3.16. The highest BCUT2D eigenvalue weighted by molar-refractivity contribution is 5.97. The molecular weight excluding hydrogens is 280 g/mol. The maximum atomic E-state index is 14.4. The highest BCUT2D eigenvalue weighted by Crippen LogP contribution is 2.29. The van der Waals surface area contributed by atoms with Crippen molar-refractivity contribution in [2.45, 2.75) is 32.7 Å². The van der Waals surface area contributed by atoms with Gasteiger partial charge in [0.05, 0.1) is 24.5 Å². The first-order chi connectivity index (χ1) is 9.96. The molecule has 0 bridgehead atoms. The monoisotopic (exact) mass is 299 g/mol. The Kier molecular flexibility index (Phi) is 4.90. The van der Waals surface area contributed by atoms with Crippen LogP contribution in [0.5, 0.6) is 0 Å². The minimum Gasteiger partial charge on any atom is -0.392 e. The molecule has 0 aliphatic carbocycles. The number of carbonyl (C=O) groups is 1. The number of alkyl halides is 1. The Morgan fingerprint density at radius 2 is 2.00 bits per heavy atom. The first-order valence-electron chi connectivity index (χ1n) is 6.89. The molecule has 1 aromatic carbocycles. The first kappa shape index (κ1) is 15.9. The van der Waals surface area contributed by atoms with E-state index in [0.29, 0.717) is 13.1 Å². The van der Waals surface area contributed by atoms with E-state index in [1.165, 1.54) is 6.07 Å². The molecule has 0 amide bonds. The van der Waals surface area contributed by atoms with Crippen LogP contribution in [-0.2, 0) is 11.3 Å². The largest absolute Gasteiger partial charge is 0.392 e. The number of aliphatic hydroxyl groups is 1. The van der Waals surface area contributed by atoms with Gasteiger partial charge in [0.15, 0.2) is 12.5 Å². The molecule has 0 unspecified atom stereocenters. The lowest BCUT2D eigenvalue weighted by molar-refractivity contribution is -0.00550. The van der Waals surface area contributed by atoms with Gasteiger partial charge in [-0.3, -0.25) is 4.79 Å². The lowest BCUT2D eigenvalue weighted by Gasteiger charge is -2.37. The van der Waals surface area contributed by atoms with Gasteiger partial charge in [0.1, 0.15) is 5.82 Å². The Morgan fingerprint density at radius 3 is 2.52 bits per heavy atom. The third-order valence-electron chi connectivity index (χ3n) is 3.49. The molecule has 2 rings (SSSR count). The number of rotatable bonds is 4. The second-order valence-electron chi connectivity index (χ2n) is 5.34. The van der Waals surface area contributed by atoms with Crippen molar-refractivity contribution in [3.8, 4) is 0 Å². The molecule has 0 spiro atoms. The van der Waals surface area contributed by atoms with Gasteiger partial charge in [-0.15, -0.1) is 0 Å². The number of Topliss-reactive ketones (excluding diaryl/α,β-unsaturated/α-hetero) is 1. The summed E-state index contributed by atoms with van der Waals surface area (Å²) in [6, 6.07) is 2.38. The van der Waals surface area contributed by atoms with Crippen molar-refractivity contribution in [3.05, 3.63) is 29.1 Å². The molecule has 116 valence electrons. The van der Waals surface area contributed by atoms with Crippen molar-refractivity contribution < 1.29 is 23.4 Å². The molecule has 1 saturated heterocycles. The average molecular weight is 299 g/mol. The molecule has 1 aromatic rings. The third kappa shape index (κ3) is 3.39. The Bertz CT molecular complexity index is 526. The number of benzene rings is 1. The van der Waals surface area contributed by atoms with Gasteiger partial charge in [-0.25, -0.2) is 8.78 Å². The van der Waals surface area contributed by atoms with E-state index >= 15 is 0 Å². The van der Waals surface area contributed by atoms with Gasteiger partial charge >= 0.3 is 0 Å². The van der Waals surface area contributed by atoms with Gasteiger partial charge in [0, 0.05) is 24.2 Å². The maximum Gasteiger partial charge on any atom is 0.193 e. The van der Waals surface area contributed by atoms with Gasteiger partial charge < -0.3 is 14.7 Å². The molecule has 4 nitrogen and oxygen atoms in total. The highest BCUT2D eigenvalue weighted by Gasteiger charge is 2.27. The smallest absolute Gasteiger partial charge is 0.193 e. The molecule has 1 fully saturated rings. The number of ether oxygens (including phenoxy) is 1. The first-order valence-corrected chi connectivity index (χ1v) is 6.89. The maximum absolute atomic E-state index is 14.4. The number of carbonyl (C=O) groups excluding carboxylic acids is 1. The molecular formula is C15H19F2NO3. The molecule has 1 N–H and O–H groups in total. The van der Waals surface area contributed by atoms with Gasteiger partial charge in [-0.1, -0.05) is 0 Å². The van der Waals surface area contributed by atoms with Gasteiger partial charge in [-0.2, -0.15) is 0 Å². The van der Waals surface area contributed by atoms with Crippen LogP contribution in [0, 0.1) is 5.82 Å². The topological polar surface area (TPSA) is 49.8 Å². The number of morpholine rings is 1. The van der Waals surface area contributed by atoms with E-state index in [1.54, 1.807) is 4.90 Å². The molecule has 6 heteroatoms. The third-order valence-corrected chi connectivity index (χ3v) is 3.49. The fraction of sp³-hybridized carbons (Fsp3) is 0.533. The van der Waals surface area contributed by atoms with Crippen molar-refractivity contribution in [3.63, 3.8) is 0 Å². The van der Waals surface area contributed by atoms with Crippen molar-refractivity contribution in [2.75, 3.05) is 24.7 Å². The quantitative estimate of drug-likeness (QED) is 0.865. The summed E-state index contributed by atoms with van der Waals surface area (Å²) >= 11 is 0. The summed E-state index contributed by atoms with van der Waals surface area (Å²) in [4.78, 5) is 13.2. The van der Waals surface area contributed by atoms with Crippen LogP contribution in [0.2, 0.25) is 0 Å². The van der Waals surface area contributed by atoms with E-state index in [1.807, 2.05) is 13.8 Å². The van der Waals surface area contributed by atoms with E-state index < -0.39 is 24.9 Å². The Hall–Kier alpha value is -1.53. The van der Waals surface area contributed by atoms with Gasteiger partial charge in [0.25, 0.3) is 0 Å². The molecule has 1 aliphatic rings. The Morgan fingerprint density at radius 1 is 1.38 bits per heavy atom. The van der Waals surface area contributed by atoms with Crippen LogP contribution in [0.1, 0.15) is 29.8 Å². The predicted molar refractivity (Wildman–Crippen MR) is 74.9 cm³/mol. The summed E-state index contributed by atoms with van der Waals surface area (Å²) in [6.07, 6.45) is -0.126. The standard InChI is InChI=1S/C15H19F2NO3/c1-9-6-18(7-10(2)21-9)15-12(8-19)3-11(4-13(15)17)14(20)5-16/h3-4,9-10,19H,5-8H2,1-2H3/t9-,10+. The lowest BCUT2D eigenvalue weighted by atomic mass is 10.0. The summed E-state index contributed by atoms with van der Waals surface area (Å²) in [5, 5.41) is 9.45. The van der Waals surface area contributed by atoms with Crippen molar-refractivity contribution in [2.24, 2.45) is 0 Å². The zero-order chi connectivity index (χ0) is 15.6. The molecule has 0 saturated carbocycles. The van der Waals surface area contributed by atoms with Crippen molar-refractivity contribution in [1.82, 2.24) is 0 Å². The number of hydrogen-bond donors (Lipinski definition) is 1. The zero-order valence-electron chi connectivity index (χ0n) is 12.1. The summed E-state index contributed by atoms with van der Waals surface area (Å²) in [7, 11) is 0. The summed E-state index contributed by atoms with van der Waals surface area (Å²) in [5.41, 5.74) is 0.486. The Balaban J connectivity index is 2.41. The minimum atomic E-state index is -1.19. The Labute approximate surface area is 122 Å². The fourth-order valence-electron chi connectivity index (χ4n) is 2.73. The van der Waals surface area contributed by atoms with Crippen LogP contribution in [-0.4, -0.2) is 42.9 Å². The SMILES string of the molecule is C[C@@H]1CN(c2c(F)cc(C(=O)CF)cc2CO)C[C@H](C)O1. The molecule has 1 heterocycles. The van der Waals surface area contributed by atoms with Crippen LogP contribution < -0.4 is 4.90 Å². The van der Waals surface area contributed by atoms with Crippen LogP contribution in [0.4, 0.5) is 14.5 Å². The number of halogens is 2. The van der Waals surface area contributed by atoms with Crippen LogP contribution in [0.25, 0.3) is 0 Å². The molecule has 0 aromatic heterocycles. The zero-order valence-corrected chi connectivity index (χ0v) is 12.1. The fourth-order valence-corrected chi connectivity index (χ4v) is 2.73. The predicted octanol–water partition coefficient (Wildman–Crippen LogP) is 2.08. The average Bonchev–Trinajstić information content (AvgIpc) is 2.44. The van der Waals surface area contributed by atoms with Crippen molar-refractivity contribution in [1.29, 1.82) is 0 Å². The highest BCUT2D eigenvalue weighted by atomic mass is 19.1. The minimum absolute atomic E-state index is 0.0582. The number of aliphatic hydroxyl groups excluding tert-OH is 1. The number of ketones is 1.